The molecule has 4 nitrogen and oxygen atoms in total. The maximum Gasteiger partial charge on any atom is 0.416 e. The molecule has 136 valence electrons. The first-order valence-electron chi connectivity index (χ1n) is 7.55. The second kappa shape index (κ2) is 8.11. The SMILES string of the molecule is COc1cc(CNCc2ccccc2C(F)(F)F)cc(OC)c1OC. The highest BCUT2D eigenvalue weighted by molar-refractivity contribution is 5.53. The second-order valence-corrected chi connectivity index (χ2v) is 5.29. The van der Waals surface area contributed by atoms with E-state index >= 15 is 0 Å². The number of methoxy groups -OCH3 is 3. The fourth-order valence-electron chi connectivity index (χ4n) is 2.53. The first-order valence-corrected chi connectivity index (χ1v) is 7.55. The highest BCUT2D eigenvalue weighted by Gasteiger charge is 2.32. The molecule has 0 fully saturated rings. The van der Waals surface area contributed by atoms with Crippen LogP contribution in [-0.4, -0.2) is 21.3 Å². The highest BCUT2D eigenvalue weighted by atomic mass is 19.4. The van der Waals surface area contributed by atoms with Crippen molar-refractivity contribution in [1.29, 1.82) is 0 Å². The first-order chi connectivity index (χ1) is 11.9. The molecule has 0 aliphatic rings. The van der Waals surface area contributed by atoms with Crippen LogP contribution >= 0.6 is 0 Å². The van der Waals surface area contributed by atoms with Crippen molar-refractivity contribution in [2.75, 3.05) is 21.3 Å². The molecule has 0 atom stereocenters. The number of benzene rings is 2. The zero-order chi connectivity index (χ0) is 18.4. The predicted molar refractivity (Wildman–Crippen MR) is 88.1 cm³/mol. The van der Waals surface area contributed by atoms with Gasteiger partial charge in [-0.15, -0.1) is 0 Å². The van der Waals surface area contributed by atoms with Crippen LogP contribution in [0.25, 0.3) is 0 Å². The Kier molecular flexibility index (Phi) is 6.14. The summed E-state index contributed by atoms with van der Waals surface area (Å²) in [6.07, 6.45) is -4.37. The van der Waals surface area contributed by atoms with E-state index in [2.05, 4.69) is 5.32 Å². The number of rotatable bonds is 7. The Hall–Kier alpha value is -2.41. The molecule has 2 aromatic carbocycles. The molecule has 0 saturated carbocycles. The summed E-state index contributed by atoms with van der Waals surface area (Å²) in [5, 5.41) is 3.02. The molecule has 2 rings (SSSR count). The first kappa shape index (κ1) is 18.9. The average molecular weight is 355 g/mol. The van der Waals surface area contributed by atoms with Crippen LogP contribution in [0.5, 0.6) is 17.2 Å². The summed E-state index contributed by atoms with van der Waals surface area (Å²) in [6.45, 7) is 0.440. The second-order valence-electron chi connectivity index (χ2n) is 5.29. The quantitative estimate of drug-likeness (QED) is 0.814. The van der Waals surface area contributed by atoms with Crippen molar-refractivity contribution in [3.8, 4) is 17.2 Å². The Bertz CT molecular complexity index is 692. The Morgan fingerprint density at radius 2 is 1.48 bits per heavy atom. The molecule has 25 heavy (non-hydrogen) atoms. The van der Waals surface area contributed by atoms with Crippen LogP contribution in [0.15, 0.2) is 36.4 Å². The summed E-state index contributed by atoms with van der Waals surface area (Å²) >= 11 is 0. The predicted octanol–water partition coefficient (Wildman–Crippen LogP) is 4.02. The zero-order valence-electron chi connectivity index (χ0n) is 14.2. The Balaban J connectivity index is 2.13. The molecular formula is C18H20F3NO3. The van der Waals surface area contributed by atoms with Crippen molar-refractivity contribution in [3.05, 3.63) is 53.1 Å². The molecular weight excluding hydrogens is 335 g/mol. The lowest BCUT2D eigenvalue weighted by Crippen LogP contribution is -2.17. The van der Waals surface area contributed by atoms with E-state index in [4.69, 9.17) is 14.2 Å². The monoisotopic (exact) mass is 355 g/mol. The van der Waals surface area contributed by atoms with E-state index in [1.807, 2.05) is 0 Å². The van der Waals surface area contributed by atoms with Gasteiger partial charge in [0.15, 0.2) is 11.5 Å². The van der Waals surface area contributed by atoms with E-state index in [0.717, 1.165) is 11.6 Å². The lowest BCUT2D eigenvalue weighted by molar-refractivity contribution is -0.138. The largest absolute Gasteiger partial charge is 0.493 e. The zero-order valence-corrected chi connectivity index (χ0v) is 14.2. The Morgan fingerprint density at radius 1 is 0.880 bits per heavy atom. The van der Waals surface area contributed by atoms with Gasteiger partial charge < -0.3 is 19.5 Å². The van der Waals surface area contributed by atoms with Gasteiger partial charge in [0.2, 0.25) is 5.75 Å². The van der Waals surface area contributed by atoms with Gasteiger partial charge in [-0.25, -0.2) is 0 Å². The lowest BCUT2D eigenvalue weighted by atomic mass is 10.1. The van der Waals surface area contributed by atoms with Gasteiger partial charge in [-0.1, -0.05) is 18.2 Å². The maximum absolute atomic E-state index is 13.0. The molecule has 0 aliphatic carbocycles. The van der Waals surface area contributed by atoms with Crippen LogP contribution in [0.2, 0.25) is 0 Å². The summed E-state index contributed by atoms with van der Waals surface area (Å²) in [4.78, 5) is 0. The van der Waals surface area contributed by atoms with Crippen LogP contribution in [-0.2, 0) is 19.3 Å². The minimum Gasteiger partial charge on any atom is -0.493 e. The molecule has 7 heteroatoms. The normalized spacial score (nSPS) is 11.3. The molecule has 0 aromatic heterocycles. The van der Waals surface area contributed by atoms with Crippen molar-refractivity contribution in [3.63, 3.8) is 0 Å². The molecule has 0 saturated heterocycles. The van der Waals surface area contributed by atoms with E-state index in [1.54, 1.807) is 18.2 Å². The number of hydrogen-bond acceptors (Lipinski definition) is 4. The summed E-state index contributed by atoms with van der Waals surface area (Å²) in [7, 11) is 4.52. The number of hydrogen-bond donors (Lipinski definition) is 1. The van der Waals surface area contributed by atoms with Crippen molar-refractivity contribution in [2.45, 2.75) is 19.3 Å². The van der Waals surface area contributed by atoms with Gasteiger partial charge in [0.1, 0.15) is 0 Å². The smallest absolute Gasteiger partial charge is 0.416 e. The van der Waals surface area contributed by atoms with Gasteiger partial charge in [-0.05, 0) is 29.3 Å². The average Bonchev–Trinajstić information content (AvgIpc) is 2.60. The number of ether oxygens (including phenoxy) is 3. The standard InChI is InChI=1S/C18H20F3NO3/c1-23-15-8-12(9-16(24-2)17(15)25-3)10-22-11-13-6-4-5-7-14(13)18(19,20)21/h4-9,22H,10-11H2,1-3H3. The minimum absolute atomic E-state index is 0.0896. The third kappa shape index (κ3) is 4.57. The third-order valence-electron chi connectivity index (χ3n) is 3.69. The molecule has 0 aliphatic heterocycles. The van der Waals surface area contributed by atoms with Crippen LogP contribution in [0, 0.1) is 0 Å². The molecule has 0 heterocycles. The molecule has 2 aromatic rings. The summed E-state index contributed by atoms with van der Waals surface area (Å²) < 4.78 is 54.8. The number of alkyl halides is 3. The van der Waals surface area contributed by atoms with Crippen LogP contribution in [0.4, 0.5) is 13.2 Å². The molecule has 0 unspecified atom stereocenters. The van der Waals surface area contributed by atoms with Crippen molar-refractivity contribution < 1.29 is 27.4 Å². The van der Waals surface area contributed by atoms with Crippen LogP contribution < -0.4 is 19.5 Å². The van der Waals surface area contributed by atoms with Gasteiger partial charge in [-0.3, -0.25) is 0 Å². The van der Waals surface area contributed by atoms with E-state index < -0.39 is 11.7 Å². The number of halogens is 3. The van der Waals surface area contributed by atoms with Crippen molar-refractivity contribution >= 4 is 0 Å². The number of nitrogens with one attached hydrogen (secondary N) is 1. The van der Waals surface area contributed by atoms with Gasteiger partial charge in [0.05, 0.1) is 26.9 Å². The van der Waals surface area contributed by atoms with Gasteiger partial charge in [-0.2, -0.15) is 13.2 Å². The fourth-order valence-corrected chi connectivity index (χ4v) is 2.53. The molecule has 1 N–H and O–H groups in total. The van der Waals surface area contributed by atoms with Gasteiger partial charge >= 0.3 is 6.18 Å². The van der Waals surface area contributed by atoms with Gasteiger partial charge in [0.25, 0.3) is 0 Å². The highest BCUT2D eigenvalue weighted by Crippen LogP contribution is 2.38. The van der Waals surface area contributed by atoms with E-state index in [-0.39, 0.29) is 12.1 Å². The lowest BCUT2D eigenvalue weighted by Gasteiger charge is -2.15. The molecule has 0 amide bonds. The molecule has 0 spiro atoms. The third-order valence-corrected chi connectivity index (χ3v) is 3.69. The topological polar surface area (TPSA) is 39.7 Å². The Labute approximate surface area is 144 Å². The summed E-state index contributed by atoms with van der Waals surface area (Å²) in [5.74, 6) is 1.46. The van der Waals surface area contributed by atoms with Crippen LogP contribution in [0.1, 0.15) is 16.7 Å². The van der Waals surface area contributed by atoms with Crippen molar-refractivity contribution in [2.24, 2.45) is 0 Å². The summed E-state index contributed by atoms with van der Waals surface area (Å²) in [6, 6.07) is 9.02. The van der Waals surface area contributed by atoms with Crippen molar-refractivity contribution in [1.82, 2.24) is 5.32 Å². The van der Waals surface area contributed by atoms with E-state index in [0.29, 0.717) is 23.8 Å². The minimum atomic E-state index is -4.37. The summed E-state index contributed by atoms with van der Waals surface area (Å²) in [5.41, 5.74) is 0.369. The Morgan fingerprint density at radius 3 is 2.00 bits per heavy atom. The molecule has 0 bridgehead atoms. The van der Waals surface area contributed by atoms with Crippen LogP contribution in [0.3, 0.4) is 0 Å². The van der Waals surface area contributed by atoms with Gasteiger partial charge in [0, 0.05) is 13.1 Å². The van der Waals surface area contributed by atoms with E-state index in [9.17, 15) is 13.2 Å². The fraction of sp³-hybridized carbons (Fsp3) is 0.333. The van der Waals surface area contributed by atoms with E-state index in [1.165, 1.54) is 33.5 Å². The molecule has 0 radical (unpaired) electrons. The maximum atomic E-state index is 13.0.